The third-order valence-corrected chi connectivity index (χ3v) is 4.00. The smallest absolute Gasteiger partial charge is 0.243 e. The minimum atomic E-state index is -3.44. The van der Waals surface area contributed by atoms with Crippen molar-refractivity contribution in [2.75, 3.05) is 40.8 Å². The Hall–Kier alpha value is -0.960. The number of nitrogens with zero attached hydrogens (tertiary/aromatic N) is 3. The predicted octanol–water partition coefficient (Wildman–Crippen LogP) is -0.667. The van der Waals surface area contributed by atoms with E-state index in [9.17, 15) is 8.42 Å². The molecule has 1 aromatic heterocycles. The Labute approximate surface area is 115 Å². The lowest BCUT2D eigenvalue weighted by Gasteiger charge is -2.09. The van der Waals surface area contributed by atoms with Gasteiger partial charge in [0.1, 0.15) is 4.90 Å². The van der Waals surface area contributed by atoms with Crippen molar-refractivity contribution in [1.82, 2.24) is 24.7 Å². The molecule has 0 aliphatic heterocycles. The Bertz CT molecular complexity index is 469. The summed E-state index contributed by atoms with van der Waals surface area (Å²) in [5.41, 5.74) is 0. The van der Waals surface area contributed by atoms with E-state index < -0.39 is 10.0 Å². The lowest BCUT2D eigenvalue weighted by Crippen LogP contribution is -2.31. The van der Waals surface area contributed by atoms with Crippen molar-refractivity contribution < 1.29 is 8.42 Å². The van der Waals surface area contributed by atoms with Gasteiger partial charge in [0.25, 0.3) is 0 Å². The number of sulfonamides is 1. The molecule has 0 radical (unpaired) electrons. The molecule has 0 fully saturated rings. The third-order valence-electron chi connectivity index (χ3n) is 2.58. The van der Waals surface area contributed by atoms with E-state index in [0.29, 0.717) is 19.6 Å². The molecule has 0 saturated heterocycles. The highest BCUT2D eigenvalue weighted by molar-refractivity contribution is 7.89. The van der Waals surface area contributed by atoms with Gasteiger partial charge in [0.05, 0.1) is 6.20 Å². The second kappa shape index (κ2) is 7.59. The van der Waals surface area contributed by atoms with Gasteiger partial charge in [-0.15, -0.1) is 0 Å². The zero-order chi connectivity index (χ0) is 14.3. The van der Waals surface area contributed by atoms with E-state index in [2.05, 4.69) is 15.1 Å². The standard InChI is InChI=1S/C11H23N5O2S/c1-12-5-4-7-16-10-11(9-13-16)19(17,18)14-6-8-15(2)3/h9-10,12,14H,4-8H2,1-3H3. The fourth-order valence-electron chi connectivity index (χ4n) is 1.51. The first-order valence-corrected chi connectivity index (χ1v) is 7.75. The molecule has 2 N–H and O–H groups in total. The number of hydrogen-bond donors (Lipinski definition) is 2. The second-order valence-corrected chi connectivity index (χ2v) is 6.36. The molecule has 0 atom stereocenters. The van der Waals surface area contributed by atoms with Crippen LogP contribution in [0.5, 0.6) is 0 Å². The number of rotatable bonds is 9. The Balaban J connectivity index is 2.53. The molecule has 1 heterocycles. The average Bonchev–Trinajstić information content (AvgIpc) is 2.78. The van der Waals surface area contributed by atoms with Crippen molar-refractivity contribution >= 4 is 10.0 Å². The monoisotopic (exact) mass is 289 g/mol. The van der Waals surface area contributed by atoms with E-state index in [4.69, 9.17) is 0 Å². The summed E-state index contributed by atoms with van der Waals surface area (Å²) in [6.07, 6.45) is 3.86. The molecule has 8 heteroatoms. The van der Waals surface area contributed by atoms with E-state index in [1.807, 2.05) is 26.0 Å². The first-order chi connectivity index (χ1) is 8.95. The van der Waals surface area contributed by atoms with E-state index in [-0.39, 0.29) is 4.90 Å². The summed E-state index contributed by atoms with van der Waals surface area (Å²) in [7, 11) is 2.24. The maximum absolute atomic E-state index is 12.0. The number of aryl methyl sites for hydroxylation is 1. The van der Waals surface area contributed by atoms with Crippen LogP contribution in [0.4, 0.5) is 0 Å². The zero-order valence-electron chi connectivity index (χ0n) is 11.8. The maximum atomic E-state index is 12.0. The Morgan fingerprint density at radius 3 is 2.74 bits per heavy atom. The molecule has 0 unspecified atom stereocenters. The number of aromatic nitrogens is 2. The average molecular weight is 289 g/mol. The molecule has 0 saturated carbocycles. The fraction of sp³-hybridized carbons (Fsp3) is 0.727. The van der Waals surface area contributed by atoms with Gasteiger partial charge < -0.3 is 10.2 Å². The molecular weight excluding hydrogens is 266 g/mol. The molecule has 0 aromatic carbocycles. The summed E-state index contributed by atoms with van der Waals surface area (Å²) in [4.78, 5) is 2.14. The zero-order valence-corrected chi connectivity index (χ0v) is 12.6. The van der Waals surface area contributed by atoms with Gasteiger partial charge in [-0.1, -0.05) is 0 Å². The van der Waals surface area contributed by atoms with Crippen LogP contribution < -0.4 is 10.0 Å². The van der Waals surface area contributed by atoms with Gasteiger partial charge in [0.2, 0.25) is 10.0 Å². The Morgan fingerprint density at radius 2 is 2.11 bits per heavy atom. The highest BCUT2D eigenvalue weighted by Gasteiger charge is 2.15. The quantitative estimate of drug-likeness (QED) is 0.590. The first kappa shape index (κ1) is 16.1. The molecule has 7 nitrogen and oxygen atoms in total. The fourth-order valence-corrected chi connectivity index (χ4v) is 2.48. The highest BCUT2D eigenvalue weighted by Crippen LogP contribution is 2.06. The van der Waals surface area contributed by atoms with Gasteiger partial charge in [0.15, 0.2) is 0 Å². The van der Waals surface area contributed by atoms with Crippen LogP contribution in [0.3, 0.4) is 0 Å². The summed E-state index contributed by atoms with van der Waals surface area (Å²) in [5.74, 6) is 0. The molecule has 110 valence electrons. The molecule has 1 rings (SSSR count). The van der Waals surface area contributed by atoms with Crippen LogP contribution in [-0.2, 0) is 16.6 Å². The normalized spacial score (nSPS) is 12.2. The van der Waals surface area contributed by atoms with E-state index in [0.717, 1.165) is 13.0 Å². The molecule has 0 spiro atoms. The SMILES string of the molecule is CNCCCn1cc(S(=O)(=O)NCCN(C)C)cn1. The van der Waals surface area contributed by atoms with Gasteiger partial charge in [0, 0.05) is 25.8 Å². The van der Waals surface area contributed by atoms with E-state index in [1.54, 1.807) is 10.9 Å². The van der Waals surface area contributed by atoms with Gasteiger partial charge in [-0.2, -0.15) is 5.10 Å². The van der Waals surface area contributed by atoms with Gasteiger partial charge in [-0.3, -0.25) is 4.68 Å². The summed E-state index contributed by atoms with van der Waals surface area (Å²) < 4.78 is 28.1. The summed E-state index contributed by atoms with van der Waals surface area (Å²) >= 11 is 0. The minimum absolute atomic E-state index is 0.218. The van der Waals surface area contributed by atoms with Gasteiger partial charge in [-0.05, 0) is 34.1 Å². The topological polar surface area (TPSA) is 79.3 Å². The van der Waals surface area contributed by atoms with Crippen molar-refractivity contribution in [3.63, 3.8) is 0 Å². The Morgan fingerprint density at radius 1 is 1.37 bits per heavy atom. The maximum Gasteiger partial charge on any atom is 0.243 e. The summed E-state index contributed by atoms with van der Waals surface area (Å²) in [6.45, 7) is 2.63. The Kier molecular flexibility index (Phi) is 6.43. The summed E-state index contributed by atoms with van der Waals surface area (Å²) in [6, 6.07) is 0. The van der Waals surface area contributed by atoms with Crippen LogP contribution in [-0.4, -0.2) is 63.9 Å². The third kappa shape index (κ3) is 5.68. The number of nitrogens with one attached hydrogen (secondary N) is 2. The van der Waals surface area contributed by atoms with Crippen LogP contribution in [0, 0.1) is 0 Å². The van der Waals surface area contributed by atoms with Gasteiger partial charge >= 0.3 is 0 Å². The van der Waals surface area contributed by atoms with Crippen LogP contribution in [0.25, 0.3) is 0 Å². The van der Waals surface area contributed by atoms with E-state index >= 15 is 0 Å². The lowest BCUT2D eigenvalue weighted by molar-refractivity contribution is 0.412. The minimum Gasteiger partial charge on any atom is -0.320 e. The molecule has 0 aliphatic rings. The largest absolute Gasteiger partial charge is 0.320 e. The van der Waals surface area contributed by atoms with Crippen molar-refractivity contribution in [3.05, 3.63) is 12.4 Å². The van der Waals surface area contributed by atoms with Crippen LogP contribution in [0.1, 0.15) is 6.42 Å². The number of hydrogen-bond acceptors (Lipinski definition) is 5. The highest BCUT2D eigenvalue weighted by atomic mass is 32.2. The molecule has 1 aromatic rings. The molecule has 0 amide bonds. The van der Waals surface area contributed by atoms with Crippen molar-refractivity contribution in [2.45, 2.75) is 17.9 Å². The predicted molar refractivity (Wildman–Crippen MR) is 74.5 cm³/mol. The molecule has 19 heavy (non-hydrogen) atoms. The molecule has 0 bridgehead atoms. The van der Waals surface area contributed by atoms with Crippen LogP contribution in [0.2, 0.25) is 0 Å². The van der Waals surface area contributed by atoms with Crippen LogP contribution in [0.15, 0.2) is 17.3 Å². The lowest BCUT2D eigenvalue weighted by atomic mass is 10.4. The van der Waals surface area contributed by atoms with Crippen LogP contribution >= 0.6 is 0 Å². The number of likely N-dealkylation sites (N-methyl/N-ethyl adjacent to an activating group) is 1. The second-order valence-electron chi connectivity index (χ2n) is 4.60. The van der Waals surface area contributed by atoms with Gasteiger partial charge in [-0.25, -0.2) is 13.1 Å². The van der Waals surface area contributed by atoms with Crippen molar-refractivity contribution in [1.29, 1.82) is 0 Å². The summed E-state index contributed by atoms with van der Waals surface area (Å²) in [5, 5.41) is 7.09. The molecular formula is C11H23N5O2S. The molecule has 0 aliphatic carbocycles. The van der Waals surface area contributed by atoms with E-state index in [1.165, 1.54) is 6.20 Å². The van der Waals surface area contributed by atoms with Crippen molar-refractivity contribution in [2.24, 2.45) is 0 Å². The van der Waals surface area contributed by atoms with Crippen molar-refractivity contribution in [3.8, 4) is 0 Å². The first-order valence-electron chi connectivity index (χ1n) is 6.27.